The first kappa shape index (κ1) is 14.0. The van der Waals surface area contributed by atoms with E-state index in [1.54, 1.807) is 0 Å². The van der Waals surface area contributed by atoms with Crippen LogP contribution >= 0.6 is 0 Å². The number of hydrogen-bond acceptors (Lipinski definition) is 1. The van der Waals surface area contributed by atoms with Gasteiger partial charge >= 0.3 is 0 Å². The number of benzene rings is 1. The van der Waals surface area contributed by atoms with Crippen molar-refractivity contribution in [3.05, 3.63) is 35.1 Å². The van der Waals surface area contributed by atoms with Gasteiger partial charge in [-0.25, -0.2) is 13.2 Å². The first-order valence-corrected chi connectivity index (χ1v) is 5.98. The van der Waals surface area contributed by atoms with Gasteiger partial charge in [0.25, 0.3) is 0 Å². The van der Waals surface area contributed by atoms with Crippen LogP contribution in [0.5, 0.6) is 0 Å². The van der Waals surface area contributed by atoms with E-state index in [4.69, 9.17) is 0 Å². The fourth-order valence-corrected chi connectivity index (χ4v) is 1.78. The summed E-state index contributed by atoms with van der Waals surface area (Å²) in [6.07, 6.45) is 2.45. The highest BCUT2D eigenvalue weighted by atomic mass is 19.2. The third-order valence-electron chi connectivity index (χ3n) is 2.66. The molecule has 0 amide bonds. The Morgan fingerprint density at radius 2 is 1.76 bits per heavy atom. The van der Waals surface area contributed by atoms with Crippen molar-refractivity contribution in [3.63, 3.8) is 0 Å². The maximum Gasteiger partial charge on any atom is 0.194 e. The molecule has 0 heterocycles. The molecule has 1 aromatic carbocycles. The molecule has 0 saturated heterocycles. The standard InChI is InChI=1S/C13H18F3N/c1-3-5-11(17-8-4-2)9-6-7-10(14)13(16)12(9)15/h6-7,11,17H,3-5,8H2,1-2H3. The quantitative estimate of drug-likeness (QED) is 0.748. The smallest absolute Gasteiger partial charge is 0.194 e. The van der Waals surface area contributed by atoms with Gasteiger partial charge < -0.3 is 5.32 Å². The number of halogens is 3. The first-order chi connectivity index (χ1) is 8.11. The summed E-state index contributed by atoms with van der Waals surface area (Å²) in [7, 11) is 0. The van der Waals surface area contributed by atoms with Gasteiger partial charge in [-0.2, -0.15) is 0 Å². The molecule has 0 aliphatic rings. The summed E-state index contributed by atoms with van der Waals surface area (Å²) in [6.45, 7) is 4.69. The molecule has 1 N–H and O–H groups in total. The van der Waals surface area contributed by atoms with Gasteiger partial charge in [0.1, 0.15) is 0 Å². The Balaban J connectivity index is 2.97. The van der Waals surface area contributed by atoms with Gasteiger partial charge in [-0.3, -0.25) is 0 Å². The van der Waals surface area contributed by atoms with Crippen LogP contribution in [0.3, 0.4) is 0 Å². The lowest BCUT2D eigenvalue weighted by atomic mass is 10.0. The van der Waals surface area contributed by atoms with Crippen molar-refractivity contribution in [2.75, 3.05) is 6.54 Å². The van der Waals surface area contributed by atoms with Crippen LogP contribution in [0.25, 0.3) is 0 Å². The van der Waals surface area contributed by atoms with E-state index < -0.39 is 17.5 Å². The summed E-state index contributed by atoms with van der Waals surface area (Å²) in [5.74, 6) is -3.61. The molecule has 0 aromatic heterocycles. The van der Waals surface area contributed by atoms with Gasteiger partial charge in [0, 0.05) is 11.6 Å². The Hall–Kier alpha value is -1.03. The van der Waals surface area contributed by atoms with Crippen molar-refractivity contribution in [3.8, 4) is 0 Å². The van der Waals surface area contributed by atoms with Crippen LogP contribution in [0.15, 0.2) is 12.1 Å². The Bertz CT molecular complexity index is 366. The number of rotatable bonds is 6. The molecule has 0 aliphatic heterocycles. The Morgan fingerprint density at radius 3 is 2.35 bits per heavy atom. The maximum atomic E-state index is 13.6. The summed E-state index contributed by atoms with van der Waals surface area (Å²) >= 11 is 0. The van der Waals surface area contributed by atoms with E-state index in [9.17, 15) is 13.2 Å². The zero-order valence-electron chi connectivity index (χ0n) is 10.2. The summed E-state index contributed by atoms with van der Waals surface area (Å²) in [5.41, 5.74) is 0.208. The van der Waals surface area contributed by atoms with Crippen LogP contribution in [0, 0.1) is 17.5 Å². The molecular formula is C13H18F3N. The predicted molar refractivity (Wildman–Crippen MR) is 62.3 cm³/mol. The van der Waals surface area contributed by atoms with Gasteiger partial charge in [0.05, 0.1) is 0 Å². The van der Waals surface area contributed by atoms with Crippen molar-refractivity contribution < 1.29 is 13.2 Å². The van der Waals surface area contributed by atoms with E-state index in [0.717, 1.165) is 25.5 Å². The molecule has 1 atom stereocenters. The first-order valence-electron chi connectivity index (χ1n) is 5.98. The highest BCUT2D eigenvalue weighted by Crippen LogP contribution is 2.24. The third kappa shape index (κ3) is 3.46. The highest BCUT2D eigenvalue weighted by Gasteiger charge is 2.19. The number of hydrogen-bond donors (Lipinski definition) is 1. The molecule has 1 nitrogen and oxygen atoms in total. The molecule has 1 rings (SSSR count). The van der Waals surface area contributed by atoms with Gasteiger partial charge in [-0.1, -0.05) is 26.3 Å². The van der Waals surface area contributed by atoms with Crippen molar-refractivity contribution in [1.82, 2.24) is 5.32 Å². The molecule has 0 saturated carbocycles. The molecule has 0 spiro atoms. The lowest BCUT2D eigenvalue weighted by molar-refractivity contribution is 0.415. The second kappa shape index (κ2) is 6.64. The summed E-state index contributed by atoms with van der Waals surface area (Å²) < 4.78 is 39.6. The van der Waals surface area contributed by atoms with E-state index in [1.165, 1.54) is 6.07 Å². The van der Waals surface area contributed by atoms with Crippen LogP contribution < -0.4 is 5.32 Å². The van der Waals surface area contributed by atoms with Gasteiger partial charge in [0.15, 0.2) is 17.5 Å². The van der Waals surface area contributed by atoms with Gasteiger partial charge in [-0.05, 0) is 25.5 Å². The van der Waals surface area contributed by atoms with E-state index in [0.29, 0.717) is 6.42 Å². The molecular weight excluding hydrogens is 227 g/mol. The fraction of sp³-hybridized carbons (Fsp3) is 0.538. The Labute approximate surface area is 100 Å². The van der Waals surface area contributed by atoms with Crippen LogP contribution in [-0.4, -0.2) is 6.54 Å². The predicted octanol–water partition coefficient (Wildman–Crippen LogP) is 3.94. The fourth-order valence-electron chi connectivity index (χ4n) is 1.78. The van der Waals surface area contributed by atoms with E-state index >= 15 is 0 Å². The van der Waals surface area contributed by atoms with Crippen molar-refractivity contribution in [1.29, 1.82) is 0 Å². The molecule has 0 radical (unpaired) electrons. The zero-order chi connectivity index (χ0) is 12.8. The minimum absolute atomic E-state index is 0.208. The molecule has 0 aliphatic carbocycles. The average Bonchev–Trinajstić information content (AvgIpc) is 2.32. The lowest BCUT2D eigenvalue weighted by Gasteiger charge is -2.19. The Kier molecular flexibility index (Phi) is 5.48. The van der Waals surface area contributed by atoms with Crippen LogP contribution in [0.1, 0.15) is 44.7 Å². The van der Waals surface area contributed by atoms with Gasteiger partial charge in [-0.15, -0.1) is 0 Å². The summed E-state index contributed by atoms with van der Waals surface area (Å²) in [4.78, 5) is 0. The molecule has 0 bridgehead atoms. The molecule has 1 aromatic rings. The second-order valence-corrected chi connectivity index (χ2v) is 4.06. The molecule has 96 valence electrons. The Morgan fingerprint density at radius 1 is 1.06 bits per heavy atom. The topological polar surface area (TPSA) is 12.0 Å². The minimum atomic E-state index is -1.39. The summed E-state index contributed by atoms with van der Waals surface area (Å²) in [5, 5.41) is 3.15. The van der Waals surface area contributed by atoms with E-state index in [1.807, 2.05) is 13.8 Å². The average molecular weight is 245 g/mol. The SMILES string of the molecule is CCCNC(CCC)c1ccc(F)c(F)c1F. The van der Waals surface area contributed by atoms with Crippen LogP contribution in [0.2, 0.25) is 0 Å². The molecule has 17 heavy (non-hydrogen) atoms. The van der Waals surface area contributed by atoms with Crippen molar-refractivity contribution in [2.24, 2.45) is 0 Å². The lowest BCUT2D eigenvalue weighted by Crippen LogP contribution is -2.23. The largest absolute Gasteiger partial charge is 0.310 e. The van der Waals surface area contributed by atoms with E-state index in [2.05, 4.69) is 5.32 Å². The molecule has 0 fully saturated rings. The zero-order valence-corrected chi connectivity index (χ0v) is 10.2. The normalized spacial score (nSPS) is 12.8. The highest BCUT2D eigenvalue weighted by molar-refractivity contribution is 5.23. The third-order valence-corrected chi connectivity index (χ3v) is 2.66. The van der Waals surface area contributed by atoms with E-state index in [-0.39, 0.29) is 11.6 Å². The number of nitrogens with one attached hydrogen (secondary N) is 1. The van der Waals surface area contributed by atoms with Crippen molar-refractivity contribution in [2.45, 2.75) is 39.2 Å². The summed E-state index contributed by atoms with van der Waals surface area (Å²) in [6, 6.07) is 2.04. The monoisotopic (exact) mass is 245 g/mol. The van der Waals surface area contributed by atoms with Crippen molar-refractivity contribution >= 4 is 0 Å². The van der Waals surface area contributed by atoms with Gasteiger partial charge in [0.2, 0.25) is 0 Å². The maximum absolute atomic E-state index is 13.6. The molecule has 1 unspecified atom stereocenters. The molecule has 4 heteroatoms. The minimum Gasteiger partial charge on any atom is -0.310 e. The van der Waals surface area contributed by atoms with Crippen LogP contribution in [-0.2, 0) is 0 Å². The van der Waals surface area contributed by atoms with Crippen LogP contribution in [0.4, 0.5) is 13.2 Å². The second-order valence-electron chi connectivity index (χ2n) is 4.06.